The van der Waals surface area contributed by atoms with Crippen LogP contribution in [0.1, 0.15) is 5.56 Å². The Morgan fingerprint density at radius 3 is 2.36 bits per heavy atom. The minimum Gasteiger partial charge on any atom is -0.497 e. The maximum atomic E-state index is 13.2. The molecule has 0 spiro atoms. The van der Waals surface area contributed by atoms with Gasteiger partial charge in [-0.2, -0.15) is 0 Å². The molecule has 142 valence electrons. The second-order valence-corrected chi connectivity index (χ2v) is 7.28. The van der Waals surface area contributed by atoms with E-state index < -0.39 is 5.69 Å². The lowest BCUT2D eigenvalue weighted by Crippen LogP contribution is -2.38. The molecule has 7 heteroatoms. The molecule has 2 aromatic heterocycles. The van der Waals surface area contributed by atoms with Crippen LogP contribution in [0.2, 0.25) is 0 Å². The largest absolute Gasteiger partial charge is 0.497 e. The number of aromatic nitrogens is 2. The average Bonchev–Trinajstić information content (AvgIpc) is 3.16. The second kappa shape index (κ2) is 7.09. The molecule has 0 amide bonds. The lowest BCUT2D eigenvalue weighted by atomic mass is 10.1. The van der Waals surface area contributed by atoms with Crippen molar-refractivity contribution >= 4 is 21.6 Å². The Kier molecular flexibility index (Phi) is 4.60. The molecule has 4 aromatic rings. The first-order valence-corrected chi connectivity index (χ1v) is 9.47. The first-order valence-electron chi connectivity index (χ1n) is 8.59. The van der Waals surface area contributed by atoms with E-state index in [2.05, 4.69) is 0 Å². The predicted molar refractivity (Wildman–Crippen MR) is 109 cm³/mol. The van der Waals surface area contributed by atoms with Crippen LogP contribution in [0.3, 0.4) is 0 Å². The fourth-order valence-corrected chi connectivity index (χ4v) is 4.24. The summed E-state index contributed by atoms with van der Waals surface area (Å²) in [5.41, 5.74) is 1.70. The zero-order chi connectivity index (χ0) is 19.8. The molecule has 28 heavy (non-hydrogen) atoms. The Morgan fingerprint density at radius 1 is 1.04 bits per heavy atom. The number of nitrogens with zero attached hydrogens (tertiary/aromatic N) is 2. The van der Waals surface area contributed by atoms with Gasteiger partial charge in [0.1, 0.15) is 16.4 Å². The third-order valence-electron chi connectivity index (χ3n) is 4.71. The van der Waals surface area contributed by atoms with Gasteiger partial charge < -0.3 is 4.74 Å². The smallest absolute Gasteiger partial charge is 0.332 e. The molecule has 5 nitrogen and oxygen atoms in total. The Hall–Kier alpha value is -3.19. The van der Waals surface area contributed by atoms with E-state index in [1.165, 1.54) is 30.5 Å². The maximum Gasteiger partial charge on any atom is 0.332 e. The molecule has 4 rings (SSSR count). The van der Waals surface area contributed by atoms with Gasteiger partial charge in [0, 0.05) is 18.0 Å². The molecule has 0 aliphatic carbocycles. The van der Waals surface area contributed by atoms with Gasteiger partial charge in [0.25, 0.3) is 5.56 Å². The van der Waals surface area contributed by atoms with Crippen molar-refractivity contribution in [2.24, 2.45) is 7.05 Å². The van der Waals surface area contributed by atoms with Crippen molar-refractivity contribution in [3.8, 4) is 16.9 Å². The van der Waals surface area contributed by atoms with Gasteiger partial charge in [-0.25, -0.2) is 9.18 Å². The van der Waals surface area contributed by atoms with Crippen LogP contribution in [0.15, 0.2) is 63.5 Å². The molecule has 0 radical (unpaired) electrons. The van der Waals surface area contributed by atoms with E-state index >= 15 is 0 Å². The summed E-state index contributed by atoms with van der Waals surface area (Å²) in [6.07, 6.45) is 0. The zero-order valence-electron chi connectivity index (χ0n) is 15.3. The van der Waals surface area contributed by atoms with Gasteiger partial charge in [0.2, 0.25) is 0 Å². The number of halogens is 1. The topological polar surface area (TPSA) is 53.2 Å². The molecule has 2 aromatic carbocycles. The van der Waals surface area contributed by atoms with Crippen LogP contribution in [-0.2, 0) is 13.6 Å². The predicted octanol–water partition coefficient (Wildman–Crippen LogP) is 3.62. The van der Waals surface area contributed by atoms with Crippen LogP contribution in [-0.4, -0.2) is 16.2 Å². The number of methoxy groups -OCH3 is 1. The number of hydrogen-bond donors (Lipinski definition) is 0. The van der Waals surface area contributed by atoms with Crippen LogP contribution >= 0.6 is 11.3 Å². The molecule has 0 unspecified atom stereocenters. The maximum absolute atomic E-state index is 13.2. The highest BCUT2D eigenvalue weighted by molar-refractivity contribution is 7.17. The lowest BCUT2D eigenvalue weighted by molar-refractivity contribution is 0.415. The highest BCUT2D eigenvalue weighted by Crippen LogP contribution is 2.32. The number of ether oxygens (including phenoxy) is 1. The van der Waals surface area contributed by atoms with Crippen molar-refractivity contribution in [2.45, 2.75) is 6.54 Å². The van der Waals surface area contributed by atoms with E-state index in [1.54, 1.807) is 23.8 Å². The molecular formula is C21H17FN2O3S. The summed E-state index contributed by atoms with van der Waals surface area (Å²) < 4.78 is 21.1. The molecular weight excluding hydrogens is 379 g/mol. The molecule has 2 heterocycles. The summed E-state index contributed by atoms with van der Waals surface area (Å²) in [6.45, 7) is 0.256. The summed E-state index contributed by atoms with van der Waals surface area (Å²) in [7, 11) is 3.07. The summed E-state index contributed by atoms with van der Waals surface area (Å²) in [5.74, 6) is 0.393. The first kappa shape index (κ1) is 18.2. The standard InChI is InChI=1S/C21H17FN2O3S/c1-23-19(25)18-17(14-5-9-16(27-2)10-6-14)12-28-20(18)24(21(23)26)11-13-3-7-15(22)8-4-13/h3-10,12H,11H2,1-2H3. The van der Waals surface area contributed by atoms with Crippen LogP contribution in [0, 0.1) is 5.82 Å². The van der Waals surface area contributed by atoms with Crippen molar-refractivity contribution < 1.29 is 9.13 Å². The van der Waals surface area contributed by atoms with Gasteiger partial charge in [-0.1, -0.05) is 24.3 Å². The monoisotopic (exact) mass is 396 g/mol. The fraction of sp³-hybridized carbons (Fsp3) is 0.143. The number of thiophene rings is 1. The zero-order valence-corrected chi connectivity index (χ0v) is 16.1. The highest BCUT2D eigenvalue weighted by atomic mass is 32.1. The highest BCUT2D eigenvalue weighted by Gasteiger charge is 2.17. The van der Waals surface area contributed by atoms with Crippen LogP contribution in [0.4, 0.5) is 4.39 Å². The van der Waals surface area contributed by atoms with Crippen molar-refractivity contribution in [2.75, 3.05) is 7.11 Å². The summed E-state index contributed by atoms with van der Waals surface area (Å²) >= 11 is 1.35. The third-order valence-corrected chi connectivity index (χ3v) is 5.71. The summed E-state index contributed by atoms with van der Waals surface area (Å²) in [4.78, 5) is 26.2. The molecule has 0 bridgehead atoms. The molecule has 0 saturated carbocycles. The molecule has 0 N–H and O–H groups in total. The quantitative estimate of drug-likeness (QED) is 0.529. The van der Waals surface area contributed by atoms with Crippen molar-refractivity contribution in [1.29, 1.82) is 0 Å². The normalized spacial score (nSPS) is 11.1. The number of benzene rings is 2. The minimum atomic E-state index is -0.398. The van der Waals surface area contributed by atoms with Gasteiger partial charge in [0.05, 0.1) is 19.0 Å². The molecule has 0 aliphatic heterocycles. The van der Waals surface area contributed by atoms with Crippen LogP contribution in [0.5, 0.6) is 5.75 Å². The average molecular weight is 396 g/mol. The Morgan fingerprint density at radius 2 is 1.71 bits per heavy atom. The molecule has 0 saturated heterocycles. The number of hydrogen-bond acceptors (Lipinski definition) is 4. The van der Waals surface area contributed by atoms with E-state index in [0.29, 0.717) is 10.2 Å². The Labute approximate surface area is 163 Å². The first-order chi connectivity index (χ1) is 13.5. The van der Waals surface area contributed by atoms with E-state index in [-0.39, 0.29) is 17.9 Å². The van der Waals surface area contributed by atoms with Crippen molar-refractivity contribution in [1.82, 2.24) is 9.13 Å². The van der Waals surface area contributed by atoms with Crippen molar-refractivity contribution in [3.63, 3.8) is 0 Å². The number of rotatable bonds is 4. The molecule has 0 aliphatic rings. The van der Waals surface area contributed by atoms with E-state index in [9.17, 15) is 14.0 Å². The molecule has 0 atom stereocenters. The second-order valence-electron chi connectivity index (χ2n) is 6.42. The summed E-state index contributed by atoms with van der Waals surface area (Å²) in [5, 5.41) is 2.38. The van der Waals surface area contributed by atoms with Crippen molar-refractivity contribution in [3.05, 3.63) is 86.1 Å². The van der Waals surface area contributed by atoms with Gasteiger partial charge in [0.15, 0.2) is 0 Å². The van der Waals surface area contributed by atoms with E-state index in [4.69, 9.17) is 4.74 Å². The number of fused-ring (bicyclic) bond motifs is 1. The van der Waals surface area contributed by atoms with E-state index in [0.717, 1.165) is 27.0 Å². The SMILES string of the molecule is COc1ccc(-c2csc3c2c(=O)n(C)c(=O)n3Cc2ccc(F)cc2)cc1. The van der Waals surface area contributed by atoms with Gasteiger partial charge in [-0.05, 0) is 35.4 Å². The molecule has 0 fully saturated rings. The third kappa shape index (κ3) is 3.03. The van der Waals surface area contributed by atoms with Gasteiger partial charge in [-0.15, -0.1) is 11.3 Å². The van der Waals surface area contributed by atoms with Crippen LogP contribution in [0.25, 0.3) is 21.3 Å². The van der Waals surface area contributed by atoms with E-state index in [1.807, 2.05) is 29.6 Å². The van der Waals surface area contributed by atoms with Gasteiger partial charge in [-0.3, -0.25) is 13.9 Å². The van der Waals surface area contributed by atoms with Crippen LogP contribution < -0.4 is 16.0 Å². The van der Waals surface area contributed by atoms with Gasteiger partial charge >= 0.3 is 5.69 Å². The Balaban J connectivity index is 1.91. The fourth-order valence-electron chi connectivity index (χ4n) is 3.17. The Bertz CT molecular complexity index is 1270. The summed E-state index contributed by atoms with van der Waals surface area (Å²) in [6, 6.07) is 13.4. The minimum absolute atomic E-state index is 0.256. The lowest BCUT2D eigenvalue weighted by Gasteiger charge is -2.10.